The Morgan fingerprint density at radius 2 is 2.29 bits per heavy atom. The van der Waals surface area contributed by atoms with Crippen LogP contribution in [-0.2, 0) is 6.54 Å². The molecule has 0 aliphatic carbocycles. The van der Waals surface area contributed by atoms with E-state index in [0.717, 1.165) is 24.6 Å². The molecule has 1 heterocycles. The minimum atomic E-state index is 0.923. The lowest BCUT2D eigenvalue weighted by Gasteiger charge is -2.05. The number of aromatic nitrogens is 1. The molecule has 0 bridgehead atoms. The van der Waals surface area contributed by atoms with Gasteiger partial charge in [-0.2, -0.15) is 11.8 Å². The molecule has 1 aromatic carbocycles. The maximum atomic E-state index is 3.71. The molecule has 3 heteroatoms. The number of para-hydroxylation sites is 1. The van der Waals surface area contributed by atoms with Gasteiger partial charge in [-0.05, 0) is 17.0 Å². The predicted molar refractivity (Wildman–Crippen MR) is 77.5 cm³/mol. The minimum absolute atomic E-state index is 0.923. The SMILES string of the molecule is C=CCSCCNCc1cccc2cc[nH]c12. The van der Waals surface area contributed by atoms with Gasteiger partial charge in [-0.25, -0.2) is 0 Å². The summed E-state index contributed by atoms with van der Waals surface area (Å²) in [6.45, 7) is 5.67. The van der Waals surface area contributed by atoms with Crippen molar-refractivity contribution in [3.63, 3.8) is 0 Å². The van der Waals surface area contributed by atoms with Crippen molar-refractivity contribution in [2.45, 2.75) is 6.54 Å². The summed E-state index contributed by atoms with van der Waals surface area (Å²) in [6, 6.07) is 8.52. The first-order valence-corrected chi connectivity index (χ1v) is 7.01. The Kier molecular flexibility index (Phi) is 4.71. The van der Waals surface area contributed by atoms with Crippen molar-refractivity contribution in [3.8, 4) is 0 Å². The summed E-state index contributed by atoms with van der Waals surface area (Å²) in [5.41, 5.74) is 2.58. The lowest BCUT2D eigenvalue weighted by Crippen LogP contribution is -2.16. The Hall–Kier alpha value is -1.19. The zero-order chi connectivity index (χ0) is 11.9. The average Bonchev–Trinajstić information content (AvgIpc) is 2.82. The largest absolute Gasteiger partial charge is 0.361 e. The van der Waals surface area contributed by atoms with E-state index in [1.165, 1.54) is 16.5 Å². The Morgan fingerprint density at radius 1 is 1.35 bits per heavy atom. The van der Waals surface area contributed by atoms with Crippen molar-refractivity contribution in [1.29, 1.82) is 0 Å². The first kappa shape index (κ1) is 12.3. The lowest BCUT2D eigenvalue weighted by molar-refractivity contribution is 0.735. The molecule has 2 aromatic rings. The smallest absolute Gasteiger partial charge is 0.0499 e. The second kappa shape index (κ2) is 6.52. The second-order valence-electron chi connectivity index (χ2n) is 3.90. The van der Waals surface area contributed by atoms with Gasteiger partial charge in [0.05, 0.1) is 0 Å². The molecule has 2 nitrogen and oxygen atoms in total. The van der Waals surface area contributed by atoms with Crippen LogP contribution in [0.25, 0.3) is 10.9 Å². The van der Waals surface area contributed by atoms with Gasteiger partial charge >= 0.3 is 0 Å². The van der Waals surface area contributed by atoms with E-state index in [0.29, 0.717) is 0 Å². The topological polar surface area (TPSA) is 27.8 Å². The van der Waals surface area contributed by atoms with Gasteiger partial charge in [-0.1, -0.05) is 24.3 Å². The summed E-state index contributed by atoms with van der Waals surface area (Å²) in [4.78, 5) is 3.29. The molecule has 0 aliphatic heterocycles. The second-order valence-corrected chi connectivity index (χ2v) is 5.05. The molecule has 0 fully saturated rings. The summed E-state index contributed by atoms with van der Waals surface area (Å²) in [6.07, 6.45) is 3.94. The Bertz CT molecular complexity index is 476. The highest BCUT2D eigenvalue weighted by molar-refractivity contribution is 7.99. The molecular formula is C14H18N2S. The monoisotopic (exact) mass is 246 g/mol. The van der Waals surface area contributed by atoms with Crippen molar-refractivity contribution < 1.29 is 0 Å². The lowest BCUT2D eigenvalue weighted by atomic mass is 10.1. The summed E-state index contributed by atoms with van der Waals surface area (Å²) in [5, 5.41) is 4.75. The zero-order valence-corrected chi connectivity index (χ0v) is 10.7. The maximum Gasteiger partial charge on any atom is 0.0499 e. The molecule has 0 saturated heterocycles. The van der Waals surface area contributed by atoms with E-state index in [-0.39, 0.29) is 0 Å². The molecular weight excluding hydrogens is 228 g/mol. The highest BCUT2D eigenvalue weighted by Crippen LogP contribution is 2.16. The Labute approximate surface area is 106 Å². The predicted octanol–water partition coefficient (Wildman–Crippen LogP) is 3.18. The molecule has 0 saturated carbocycles. The van der Waals surface area contributed by atoms with Crippen LogP contribution >= 0.6 is 11.8 Å². The van der Waals surface area contributed by atoms with E-state index in [1.54, 1.807) is 0 Å². The van der Waals surface area contributed by atoms with Gasteiger partial charge in [0.15, 0.2) is 0 Å². The van der Waals surface area contributed by atoms with Gasteiger partial charge in [0, 0.05) is 36.3 Å². The van der Waals surface area contributed by atoms with Crippen LogP contribution in [0.4, 0.5) is 0 Å². The number of hydrogen-bond acceptors (Lipinski definition) is 2. The van der Waals surface area contributed by atoms with Crippen LogP contribution in [-0.4, -0.2) is 23.0 Å². The van der Waals surface area contributed by atoms with E-state index in [9.17, 15) is 0 Å². The van der Waals surface area contributed by atoms with Crippen LogP contribution in [0.15, 0.2) is 43.1 Å². The fourth-order valence-electron chi connectivity index (χ4n) is 1.83. The third-order valence-corrected chi connectivity index (χ3v) is 3.61. The standard InChI is InChI=1S/C14H18N2S/c1-2-9-17-10-8-15-11-13-5-3-4-12-6-7-16-14(12)13/h2-7,15-16H,1,8-11H2. The molecule has 2 rings (SSSR count). The summed E-state index contributed by atoms with van der Waals surface area (Å²) >= 11 is 1.91. The van der Waals surface area contributed by atoms with Gasteiger partial charge in [0.1, 0.15) is 0 Å². The number of benzene rings is 1. The van der Waals surface area contributed by atoms with Gasteiger partial charge in [0.25, 0.3) is 0 Å². The normalized spacial score (nSPS) is 10.8. The van der Waals surface area contributed by atoms with E-state index in [2.05, 4.69) is 41.1 Å². The summed E-state index contributed by atoms with van der Waals surface area (Å²) in [5.74, 6) is 2.17. The van der Waals surface area contributed by atoms with E-state index >= 15 is 0 Å². The molecule has 0 amide bonds. The van der Waals surface area contributed by atoms with Crippen LogP contribution < -0.4 is 5.32 Å². The van der Waals surface area contributed by atoms with Gasteiger partial charge in [-0.15, -0.1) is 6.58 Å². The van der Waals surface area contributed by atoms with Crippen molar-refractivity contribution in [3.05, 3.63) is 48.7 Å². The van der Waals surface area contributed by atoms with E-state index in [1.807, 2.05) is 24.0 Å². The molecule has 1 aromatic heterocycles. The number of H-pyrrole nitrogens is 1. The van der Waals surface area contributed by atoms with Gasteiger partial charge in [-0.3, -0.25) is 0 Å². The Morgan fingerprint density at radius 3 is 3.18 bits per heavy atom. The quantitative estimate of drug-likeness (QED) is 0.580. The highest BCUT2D eigenvalue weighted by atomic mass is 32.2. The Balaban J connectivity index is 1.82. The first-order valence-electron chi connectivity index (χ1n) is 5.86. The number of thioether (sulfide) groups is 1. The third kappa shape index (κ3) is 3.38. The molecule has 0 spiro atoms. The molecule has 0 aliphatic rings. The fourth-order valence-corrected chi connectivity index (χ4v) is 2.45. The number of rotatable bonds is 7. The molecule has 17 heavy (non-hydrogen) atoms. The van der Waals surface area contributed by atoms with Crippen molar-refractivity contribution in [2.75, 3.05) is 18.1 Å². The average molecular weight is 246 g/mol. The molecule has 0 radical (unpaired) electrons. The number of fused-ring (bicyclic) bond motifs is 1. The highest BCUT2D eigenvalue weighted by Gasteiger charge is 2.00. The van der Waals surface area contributed by atoms with Crippen molar-refractivity contribution >= 4 is 22.7 Å². The molecule has 90 valence electrons. The molecule has 0 unspecified atom stereocenters. The first-order chi connectivity index (χ1) is 8.42. The number of hydrogen-bond donors (Lipinski definition) is 2. The van der Waals surface area contributed by atoms with E-state index < -0.39 is 0 Å². The van der Waals surface area contributed by atoms with Crippen molar-refractivity contribution in [1.82, 2.24) is 10.3 Å². The van der Waals surface area contributed by atoms with Crippen LogP contribution in [0.1, 0.15) is 5.56 Å². The molecule has 2 N–H and O–H groups in total. The van der Waals surface area contributed by atoms with Crippen LogP contribution in [0.5, 0.6) is 0 Å². The van der Waals surface area contributed by atoms with Crippen LogP contribution in [0.2, 0.25) is 0 Å². The summed E-state index contributed by atoms with van der Waals surface area (Å²) in [7, 11) is 0. The maximum absolute atomic E-state index is 3.71. The fraction of sp³-hybridized carbons (Fsp3) is 0.286. The number of nitrogens with one attached hydrogen (secondary N) is 2. The van der Waals surface area contributed by atoms with Gasteiger partial charge < -0.3 is 10.3 Å². The zero-order valence-electron chi connectivity index (χ0n) is 9.91. The minimum Gasteiger partial charge on any atom is -0.361 e. The van der Waals surface area contributed by atoms with Crippen LogP contribution in [0.3, 0.4) is 0 Å². The third-order valence-electron chi connectivity index (χ3n) is 2.65. The molecule has 0 atom stereocenters. The van der Waals surface area contributed by atoms with Gasteiger partial charge in [0.2, 0.25) is 0 Å². The van der Waals surface area contributed by atoms with E-state index in [4.69, 9.17) is 0 Å². The summed E-state index contributed by atoms with van der Waals surface area (Å²) < 4.78 is 0. The number of aromatic amines is 1. The van der Waals surface area contributed by atoms with Crippen LogP contribution in [0, 0.1) is 0 Å². The van der Waals surface area contributed by atoms with Crippen molar-refractivity contribution in [2.24, 2.45) is 0 Å².